The minimum atomic E-state index is -0.633. The van der Waals surface area contributed by atoms with E-state index >= 15 is 0 Å². The van der Waals surface area contributed by atoms with E-state index in [0.29, 0.717) is 6.42 Å². The van der Waals surface area contributed by atoms with E-state index in [4.69, 9.17) is 5.73 Å². The number of benzene rings is 1. The Morgan fingerprint density at radius 2 is 2.11 bits per heavy atom. The molecule has 0 saturated carbocycles. The second-order valence-corrected chi connectivity index (χ2v) is 7.08. The number of rotatable bonds is 5. The fourth-order valence-electron chi connectivity index (χ4n) is 2.10. The van der Waals surface area contributed by atoms with Crippen molar-refractivity contribution in [3.05, 3.63) is 56.4 Å². The summed E-state index contributed by atoms with van der Waals surface area (Å²) in [6.45, 7) is 0.158. The number of hydrogen-bond acceptors (Lipinski definition) is 3. The Labute approximate surface area is 124 Å². The van der Waals surface area contributed by atoms with Crippen LogP contribution in [0, 0.1) is 5.82 Å². The van der Waals surface area contributed by atoms with Crippen molar-refractivity contribution in [3.8, 4) is 0 Å². The number of nitrogens with two attached hydrogens (primary N) is 1. The van der Waals surface area contributed by atoms with Gasteiger partial charge in [0.1, 0.15) is 5.82 Å². The quantitative estimate of drug-likeness (QED) is 0.876. The molecule has 0 aliphatic heterocycles. The second kappa shape index (κ2) is 6.13. The van der Waals surface area contributed by atoms with Crippen LogP contribution in [0.3, 0.4) is 0 Å². The van der Waals surface area contributed by atoms with Crippen LogP contribution in [0.15, 0.2) is 40.2 Å². The first-order valence-corrected chi connectivity index (χ1v) is 7.52. The average Bonchev–Trinajstić information content (AvgIpc) is 2.81. The van der Waals surface area contributed by atoms with Crippen LogP contribution in [-0.2, 0) is 11.8 Å². The van der Waals surface area contributed by atoms with Gasteiger partial charge in [-0.15, -0.1) is 11.3 Å². The molecule has 1 heterocycles. The SMILES string of the molecule is NCC(CO)(Cc1ccc(Br)s1)c1cccc(F)c1. The number of halogens is 2. The molecule has 0 fully saturated rings. The predicted octanol–water partition coefficient (Wildman–Crippen LogP) is 3.08. The van der Waals surface area contributed by atoms with Crippen molar-refractivity contribution in [3.63, 3.8) is 0 Å². The zero-order valence-electron chi connectivity index (χ0n) is 10.3. The summed E-state index contributed by atoms with van der Waals surface area (Å²) in [5.74, 6) is -0.309. The van der Waals surface area contributed by atoms with Gasteiger partial charge in [0.15, 0.2) is 0 Å². The molecule has 3 N–H and O–H groups in total. The molecule has 1 aromatic heterocycles. The number of aliphatic hydroxyl groups excluding tert-OH is 1. The van der Waals surface area contributed by atoms with E-state index in [1.807, 2.05) is 18.2 Å². The third kappa shape index (κ3) is 3.23. The van der Waals surface area contributed by atoms with Crippen LogP contribution in [0.1, 0.15) is 10.4 Å². The first-order chi connectivity index (χ1) is 9.09. The molecule has 0 bridgehead atoms. The van der Waals surface area contributed by atoms with Crippen molar-refractivity contribution in [2.24, 2.45) is 5.73 Å². The van der Waals surface area contributed by atoms with Crippen molar-refractivity contribution >= 4 is 27.3 Å². The lowest BCUT2D eigenvalue weighted by Gasteiger charge is -2.30. The van der Waals surface area contributed by atoms with Gasteiger partial charge in [-0.05, 0) is 52.2 Å². The van der Waals surface area contributed by atoms with Crippen molar-refractivity contribution in [1.29, 1.82) is 0 Å². The zero-order valence-corrected chi connectivity index (χ0v) is 12.7. The summed E-state index contributed by atoms with van der Waals surface area (Å²) in [4.78, 5) is 1.11. The molecule has 1 aromatic carbocycles. The Hall–Kier alpha value is -0.750. The van der Waals surface area contributed by atoms with Crippen LogP contribution in [-0.4, -0.2) is 18.3 Å². The molecule has 5 heteroatoms. The number of aliphatic hydroxyl groups is 1. The molecule has 0 aliphatic rings. The molecule has 102 valence electrons. The fourth-order valence-corrected chi connectivity index (χ4v) is 3.73. The smallest absolute Gasteiger partial charge is 0.123 e. The third-order valence-electron chi connectivity index (χ3n) is 3.27. The summed E-state index contributed by atoms with van der Waals surface area (Å²) in [7, 11) is 0. The van der Waals surface area contributed by atoms with Crippen molar-refractivity contribution in [2.75, 3.05) is 13.2 Å². The third-order valence-corrected chi connectivity index (χ3v) is 4.90. The Morgan fingerprint density at radius 3 is 2.63 bits per heavy atom. The normalized spacial score (nSPS) is 14.3. The van der Waals surface area contributed by atoms with E-state index in [9.17, 15) is 9.50 Å². The highest BCUT2D eigenvalue weighted by atomic mass is 79.9. The summed E-state index contributed by atoms with van der Waals surface area (Å²) < 4.78 is 14.4. The summed E-state index contributed by atoms with van der Waals surface area (Å²) >= 11 is 5.02. The van der Waals surface area contributed by atoms with Gasteiger partial charge < -0.3 is 10.8 Å². The summed E-state index contributed by atoms with van der Waals surface area (Å²) in [5, 5.41) is 9.78. The van der Waals surface area contributed by atoms with E-state index < -0.39 is 5.41 Å². The first-order valence-electron chi connectivity index (χ1n) is 5.91. The molecule has 2 nitrogen and oxygen atoms in total. The fraction of sp³-hybridized carbons (Fsp3) is 0.286. The molecule has 19 heavy (non-hydrogen) atoms. The highest BCUT2D eigenvalue weighted by Gasteiger charge is 2.31. The van der Waals surface area contributed by atoms with Gasteiger partial charge in [-0.2, -0.15) is 0 Å². The van der Waals surface area contributed by atoms with Gasteiger partial charge in [-0.1, -0.05) is 12.1 Å². The van der Waals surface area contributed by atoms with Gasteiger partial charge in [0.25, 0.3) is 0 Å². The summed E-state index contributed by atoms with van der Waals surface area (Å²) in [6, 6.07) is 10.3. The van der Waals surface area contributed by atoms with Gasteiger partial charge in [0, 0.05) is 16.8 Å². The molecule has 0 radical (unpaired) electrons. The molecule has 1 atom stereocenters. The predicted molar refractivity (Wildman–Crippen MR) is 79.9 cm³/mol. The topological polar surface area (TPSA) is 46.2 Å². The zero-order chi connectivity index (χ0) is 13.9. The maximum absolute atomic E-state index is 13.4. The van der Waals surface area contributed by atoms with E-state index in [1.54, 1.807) is 17.4 Å². The van der Waals surface area contributed by atoms with Gasteiger partial charge in [0.2, 0.25) is 0 Å². The molecule has 0 amide bonds. The summed E-state index contributed by atoms with van der Waals surface area (Å²) in [5.41, 5.74) is 5.97. The van der Waals surface area contributed by atoms with E-state index in [2.05, 4.69) is 15.9 Å². The highest BCUT2D eigenvalue weighted by molar-refractivity contribution is 9.11. The highest BCUT2D eigenvalue weighted by Crippen LogP contribution is 2.32. The molecular formula is C14H15BrFNOS. The van der Waals surface area contributed by atoms with Crippen LogP contribution in [0.4, 0.5) is 4.39 Å². The minimum absolute atomic E-state index is 0.109. The van der Waals surface area contributed by atoms with E-state index in [1.165, 1.54) is 12.1 Å². The monoisotopic (exact) mass is 343 g/mol. The average molecular weight is 344 g/mol. The molecule has 0 aliphatic carbocycles. The van der Waals surface area contributed by atoms with E-state index in [0.717, 1.165) is 14.2 Å². The molecule has 0 spiro atoms. The minimum Gasteiger partial charge on any atom is -0.395 e. The molecular weight excluding hydrogens is 329 g/mol. The second-order valence-electron chi connectivity index (χ2n) is 4.54. The Bertz CT molecular complexity index is 554. The Balaban J connectivity index is 2.37. The standard InChI is InChI=1S/C14H15BrFNOS/c15-13-5-4-12(19-13)7-14(8-17,9-18)10-2-1-3-11(16)6-10/h1-6,18H,7-9,17H2. The summed E-state index contributed by atoms with van der Waals surface area (Å²) in [6.07, 6.45) is 0.597. The lowest BCUT2D eigenvalue weighted by Crippen LogP contribution is -2.40. The maximum atomic E-state index is 13.4. The van der Waals surface area contributed by atoms with Gasteiger partial charge in [0.05, 0.1) is 10.4 Å². The van der Waals surface area contributed by atoms with Gasteiger partial charge >= 0.3 is 0 Å². The number of thiophene rings is 1. The first kappa shape index (κ1) is 14.7. The number of hydrogen-bond donors (Lipinski definition) is 2. The lowest BCUT2D eigenvalue weighted by molar-refractivity contribution is 0.196. The van der Waals surface area contributed by atoms with Crippen LogP contribution >= 0.6 is 27.3 Å². The Morgan fingerprint density at radius 1 is 1.32 bits per heavy atom. The van der Waals surface area contributed by atoms with Crippen LogP contribution in [0.2, 0.25) is 0 Å². The van der Waals surface area contributed by atoms with Crippen LogP contribution < -0.4 is 5.73 Å². The van der Waals surface area contributed by atoms with Crippen LogP contribution in [0.5, 0.6) is 0 Å². The van der Waals surface area contributed by atoms with Gasteiger partial charge in [-0.25, -0.2) is 4.39 Å². The lowest BCUT2D eigenvalue weighted by atomic mass is 9.78. The van der Waals surface area contributed by atoms with Crippen molar-refractivity contribution in [1.82, 2.24) is 0 Å². The molecule has 1 unspecified atom stereocenters. The Kier molecular flexibility index (Phi) is 4.73. The van der Waals surface area contributed by atoms with Crippen molar-refractivity contribution < 1.29 is 9.50 Å². The van der Waals surface area contributed by atoms with E-state index in [-0.39, 0.29) is 19.0 Å². The largest absolute Gasteiger partial charge is 0.395 e. The molecule has 2 rings (SSSR count). The van der Waals surface area contributed by atoms with Crippen molar-refractivity contribution in [2.45, 2.75) is 11.8 Å². The molecule has 0 saturated heterocycles. The molecule has 2 aromatic rings. The maximum Gasteiger partial charge on any atom is 0.123 e. The van der Waals surface area contributed by atoms with Crippen LogP contribution in [0.25, 0.3) is 0 Å². The van der Waals surface area contributed by atoms with Gasteiger partial charge in [-0.3, -0.25) is 0 Å².